The summed E-state index contributed by atoms with van der Waals surface area (Å²) in [5, 5.41) is 3.89. The van der Waals surface area contributed by atoms with E-state index in [1.54, 1.807) is 0 Å². The number of hydrogen-bond donors (Lipinski definition) is 1. The highest BCUT2D eigenvalue weighted by atomic mass is 35.5. The number of anilines is 1. The summed E-state index contributed by atoms with van der Waals surface area (Å²) in [5.74, 6) is 2.11. The Morgan fingerprint density at radius 1 is 1.65 bits per heavy atom. The van der Waals surface area contributed by atoms with Crippen LogP contribution in [0.5, 0.6) is 0 Å². The Morgan fingerprint density at radius 3 is 3.06 bits per heavy atom. The van der Waals surface area contributed by atoms with Crippen molar-refractivity contribution in [3.63, 3.8) is 0 Å². The molecule has 1 N–H and O–H groups in total. The zero-order valence-electron chi connectivity index (χ0n) is 9.46. The van der Waals surface area contributed by atoms with Gasteiger partial charge in [-0.2, -0.15) is 0 Å². The molecule has 1 aromatic rings. The van der Waals surface area contributed by atoms with Crippen LogP contribution in [0.3, 0.4) is 0 Å². The fraction of sp³-hybridized carbons (Fsp3) is 0.455. The first kappa shape index (κ1) is 13.8. The largest absolute Gasteiger partial charge is 0.465 e. The van der Waals surface area contributed by atoms with Crippen molar-refractivity contribution in [1.29, 1.82) is 0 Å². The molecule has 0 aromatic carbocycles. The van der Waals surface area contributed by atoms with E-state index in [2.05, 4.69) is 21.0 Å². The lowest BCUT2D eigenvalue weighted by Gasteiger charge is -1.99. The summed E-state index contributed by atoms with van der Waals surface area (Å²) in [4.78, 5) is 15.6. The molecule has 0 amide bonds. The van der Waals surface area contributed by atoms with Gasteiger partial charge < -0.3 is 10.1 Å². The predicted molar refractivity (Wildman–Crippen MR) is 69.6 cm³/mol. The van der Waals surface area contributed by atoms with Crippen molar-refractivity contribution in [2.75, 3.05) is 19.0 Å². The third kappa shape index (κ3) is 4.25. The van der Waals surface area contributed by atoms with E-state index in [-0.39, 0.29) is 5.15 Å². The Morgan fingerprint density at radius 2 is 2.41 bits per heavy atom. The van der Waals surface area contributed by atoms with Crippen LogP contribution >= 0.6 is 22.9 Å². The van der Waals surface area contributed by atoms with Crippen LogP contribution in [-0.2, 0) is 4.74 Å². The van der Waals surface area contributed by atoms with Gasteiger partial charge in [-0.25, -0.2) is 9.78 Å². The first-order valence-corrected chi connectivity index (χ1v) is 6.30. The van der Waals surface area contributed by atoms with E-state index >= 15 is 0 Å². The van der Waals surface area contributed by atoms with Crippen molar-refractivity contribution in [3.05, 3.63) is 10.0 Å². The van der Waals surface area contributed by atoms with Gasteiger partial charge >= 0.3 is 5.97 Å². The molecule has 0 aliphatic rings. The maximum Gasteiger partial charge on any atom is 0.351 e. The van der Waals surface area contributed by atoms with Crippen molar-refractivity contribution in [3.8, 4) is 12.3 Å². The summed E-state index contributed by atoms with van der Waals surface area (Å²) in [5.41, 5.74) is 0. The van der Waals surface area contributed by atoms with Crippen LogP contribution in [-0.4, -0.2) is 24.6 Å². The number of unbranched alkanes of at least 4 members (excludes halogenated alkanes) is 2. The van der Waals surface area contributed by atoms with E-state index in [4.69, 9.17) is 18.0 Å². The van der Waals surface area contributed by atoms with Crippen molar-refractivity contribution < 1.29 is 9.53 Å². The molecule has 0 saturated heterocycles. The van der Waals surface area contributed by atoms with Crippen molar-refractivity contribution in [1.82, 2.24) is 4.98 Å². The van der Waals surface area contributed by atoms with E-state index in [1.165, 1.54) is 18.4 Å². The van der Waals surface area contributed by atoms with Gasteiger partial charge in [-0.15, -0.1) is 12.3 Å². The molecule has 1 heterocycles. The number of esters is 1. The van der Waals surface area contributed by atoms with E-state index in [0.717, 1.165) is 25.8 Å². The molecule has 0 aliphatic heterocycles. The highest BCUT2D eigenvalue weighted by Crippen LogP contribution is 2.27. The molecule has 6 heteroatoms. The highest BCUT2D eigenvalue weighted by molar-refractivity contribution is 7.18. The van der Waals surface area contributed by atoms with Crippen LogP contribution in [0.1, 0.15) is 28.9 Å². The Balaban J connectivity index is 2.45. The lowest BCUT2D eigenvalue weighted by molar-refractivity contribution is 0.0606. The minimum atomic E-state index is -0.465. The number of thiazole rings is 1. The summed E-state index contributed by atoms with van der Waals surface area (Å²) in [7, 11) is 1.31. The summed E-state index contributed by atoms with van der Waals surface area (Å²) < 4.78 is 4.59. The van der Waals surface area contributed by atoms with Crippen molar-refractivity contribution >= 4 is 34.0 Å². The number of nitrogens with one attached hydrogen (secondary N) is 1. The molecule has 1 rings (SSSR count). The summed E-state index contributed by atoms with van der Waals surface area (Å²) in [6.45, 7) is 0.756. The molecule has 0 bridgehead atoms. The van der Waals surface area contributed by atoms with Gasteiger partial charge in [0.05, 0.1) is 7.11 Å². The van der Waals surface area contributed by atoms with Crippen LogP contribution in [0.2, 0.25) is 5.15 Å². The fourth-order valence-corrected chi connectivity index (χ4v) is 2.27. The highest BCUT2D eigenvalue weighted by Gasteiger charge is 2.16. The Bertz CT molecular complexity index is 426. The van der Waals surface area contributed by atoms with Crippen molar-refractivity contribution in [2.45, 2.75) is 19.3 Å². The summed E-state index contributed by atoms with van der Waals surface area (Å²) in [6, 6.07) is 0. The summed E-state index contributed by atoms with van der Waals surface area (Å²) in [6.07, 6.45) is 7.83. The molecule has 0 radical (unpaired) electrons. The number of carbonyl (C=O) groups is 1. The molecule has 0 aliphatic carbocycles. The first-order valence-electron chi connectivity index (χ1n) is 5.11. The SMILES string of the molecule is C#CCCCCNc1nc(Cl)c(C(=O)OC)s1. The van der Waals surface area contributed by atoms with Gasteiger partial charge in [0, 0.05) is 13.0 Å². The maximum absolute atomic E-state index is 11.3. The van der Waals surface area contributed by atoms with Crippen molar-refractivity contribution in [2.24, 2.45) is 0 Å². The van der Waals surface area contributed by atoms with Gasteiger partial charge in [0.25, 0.3) is 0 Å². The number of carbonyl (C=O) groups excluding carboxylic acids is 1. The van der Waals surface area contributed by atoms with E-state index < -0.39 is 5.97 Å². The maximum atomic E-state index is 11.3. The number of hydrogen-bond acceptors (Lipinski definition) is 5. The standard InChI is InChI=1S/C11H13ClN2O2S/c1-3-4-5-6-7-13-11-14-9(12)8(17-11)10(15)16-2/h1H,4-7H2,2H3,(H,13,14). The topological polar surface area (TPSA) is 51.2 Å². The number of nitrogens with zero attached hydrogens (tertiary/aromatic N) is 1. The fourth-order valence-electron chi connectivity index (χ4n) is 1.14. The Hall–Kier alpha value is -1.25. The number of ether oxygens (including phenoxy) is 1. The average Bonchev–Trinajstić information content (AvgIpc) is 2.69. The number of methoxy groups -OCH3 is 1. The van der Waals surface area contributed by atoms with Gasteiger partial charge in [0.2, 0.25) is 0 Å². The number of halogens is 1. The lowest BCUT2D eigenvalue weighted by atomic mass is 10.2. The van der Waals surface area contributed by atoms with Crippen LogP contribution in [0, 0.1) is 12.3 Å². The van der Waals surface area contributed by atoms with Crippen LogP contribution in [0.15, 0.2) is 0 Å². The van der Waals surface area contributed by atoms with Crippen LogP contribution in [0.25, 0.3) is 0 Å². The minimum absolute atomic E-state index is 0.174. The molecule has 1 aromatic heterocycles. The second kappa shape index (κ2) is 7.15. The van der Waals surface area contributed by atoms with Crippen LogP contribution in [0.4, 0.5) is 5.13 Å². The third-order valence-electron chi connectivity index (χ3n) is 1.98. The monoisotopic (exact) mass is 272 g/mol. The zero-order chi connectivity index (χ0) is 12.7. The first-order chi connectivity index (χ1) is 8.19. The molecular formula is C11H13ClN2O2S. The van der Waals surface area contributed by atoms with Gasteiger partial charge in [-0.3, -0.25) is 0 Å². The normalized spacial score (nSPS) is 9.71. The molecule has 92 valence electrons. The minimum Gasteiger partial charge on any atom is -0.465 e. The number of terminal acetylenes is 1. The van der Waals surface area contributed by atoms with Gasteiger partial charge in [-0.05, 0) is 12.8 Å². The molecule has 0 unspecified atom stereocenters. The smallest absolute Gasteiger partial charge is 0.351 e. The Kier molecular flexibility index (Phi) is 5.81. The average molecular weight is 273 g/mol. The van der Waals surface area contributed by atoms with Gasteiger partial charge in [0.1, 0.15) is 0 Å². The van der Waals surface area contributed by atoms with E-state index in [0.29, 0.717) is 10.0 Å². The van der Waals surface area contributed by atoms with E-state index in [1.807, 2.05) is 0 Å². The second-order valence-corrected chi connectivity index (χ2v) is 4.58. The summed E-state index contributed by atoms with van der Waals surface area (Å²) >= 11 is 7.00. The quantitative estimate of drug-likeness (QED) is 0.491. The molecule has 0 spiro atoms. The zero-order valence-corrected chi connectivity index (χ0v) is 11.0. The molecule has 4 nitrogen and oxygen atoms in total. The molecule has 17 heavy (non-hydrogen) atoms. The molecule has 0 atom stereocenters. The lowest BCUT2D eigenvalue weighted by Crippen LogP contribution is -2.00. The molecule has 0 fully saturated rings. The van der Waals surface area contributed by atoms with Gasteiger partial charge in [0.15, 0.2) is 15.2 Å². The van der Waals surface area contributed by atoms with Crippen LogP contribution < -0.4 is 5.32 Å². The second-order valence-electron chi connectivity index (χ2n) is 3.22. The Labute approximate surface area is 109 Å². The molecular weight excluding hydrogens is 260 g/mol. The predicted octanol–water partition coefficient (Wildman–Crippen LogP) is 2.80. The van der Waals surface area contributed by atoms with Gasteiger partial charge in [-0.1, -0.05) is 22.9 Å². The molecule has 0 saturated carbocycles. The number of rotatable bonds is 6. The number of aromatic nitrogens is 1. The van der Waals surface area contributed by atoms with E-state index in [9.17, 15) is 4.79 Å². The third-order valence-corrected chi connectivity index (χ3v) is 3.36.